The highest BCUT2D eigenvalue weighted by Crippen LogP contribution is 2.16. The monoisotopic (exact) mass is 248 g/mol. The molecule has 0 saturated carbocycles. The largest absolute Gasteiger partial charge is 0.313 e. The Kier molecular flexibility index (Phi) is 3.72. The first kappa shape index (κ1) is 12.7. The fourth-order valence-electron chi connectivity index (χ4n) is 1.85. The summed E-state index contributed by atoms with van der Waals surface area (Å²) >= 11 is 0. The van der Waals surface area contributed by atoms with E-state index >= 15 is 0 Å². The highest BCUT2D eigenvalue weighted by molar-refractivity contribution is 5.36. The second-order valence-electron chi connectivity index (χ2n) is 4.18. The predicted octanol–water partition coefficient (Wildman–Crippen LogP) is 2.13. The van der Waals surface area contributed by atoms with Crippen LogP contribution in [0.1, 0.15) is 24.1 Å². The Morgan fingerprint density at radius 1 is 1.33 bits per heavy atom. The molecule has 0 aliphatic carbocycles. The molecule has 96 valence electrons. The van der Waals surface area contributed by atoms with Gasteiger partial charge in [0.05, 0.1) is 0 Å². The van der Waals surface area contributed by atoms with Gasteiger partial charge in [0.1, 0.15) is 23.2 Å². The summed E-state index contributed by atoms with van der Waals surface area (Å²) in [7, 11) is 0. The molecule has 2 aromatic rings. The van der Waals surface area contributed by atoms with Crippen molar-refractivity contribution in [3.05, 3.63) is 41.2 Å². The second kappa shape index (κ2) is 5.27. The second-order valence-corrected chi connectivity index (χ2v) is 4.18. The third kappa shape index (κ3) is 2.56. The van der Waals surface area contributed by atoms with Crippen LogP contribution in [0, 0.1) is 19.7 Å². The fourth-order valence-corrected chi connectivity index (χ4v) is 1.85. The number of hydrogen-bond donors (Lipinski definition) is 1. The van der Waals surface area contributed by atoms with Gasteiger partial charge in [-0.1, -0.05) is 13.0 Å². The number of hydrogen-bond acceptors (Lipinski definition) is 3. The molecule has 0 saturated heterocycles. The van der Waals surface area contributed by atoms with Crippen molar-refractivity contribution in [2.24, 2.45) is 0 Å². The van der Waals surface area contributed by atoms with Crippen LogP contribution in [0.15, 0.2) is 18.2 Å². The predicted molar refractivity (Wildman–Crippen MR) is 68.2 cm³/mol. The summed E-state index contributed by atoms with van der Waals surface area (Å²) in [6.45, 7) is 7.16. The Balaban J connectivity index is 2.32. The highest BCUT2D eigenvalue weighted by Gasteiger charge is 2.10. The van der Waals surface area contributed by atoms with Gasteiger partial charge in [-0.2, -0.15) is 5.10 Å². The Hall–Kier alpha value is -1.75. The molecule has 1 N–H and O–H groups in total. The zero-order chi connectivity index (χ0) is 13.1. The van der Waals surface area contributed by atoms with E-state index in [2.05, 4.69) is 15.4 Å². The van der Waals surface area contributed by atoms with Crippen molar-refractivity contribution in [2.45, 2.75) is 27.3 Å². The van der Waals surface area contributed by atoms with E-state index in [-0.39, 0.29) is 5.82 Å². The molecular weight excluding hydrogens is 231 g/mol. The summed E-state index contributed by atoms with van der Waals surface area (Å²) in [6.07, 6.45) is 0. The first-order valence-corrected chi connectivity index (χ1v) is 6.01. The van der Waals surface area contributed by atoms with Crippen LogP contribution < -0.4 is 5.32 Å². The van der Waals surface area contributed by atoms with Crippen molar-refractivity contribution >= 4 is 0 Å². The SMILES string of the molecule is CCNCc1ccc(-n2nc(C)nc2C)c(F)c1. The van der Waals surface area contributed by atoms with Crippen LogP contribution in [0.5, 0.6) is 0 Å². The van der Waals surface area contributed by atoms with Gasteiger partial charge in [-0.25, -0.2) is 14.1 Å². The van der Waals surface area contributed by atoms with Crippen LogP contribution in [0.4, 0.5) is 4.39 Å². The summed E-state index contributed by atoms with van der Waals surface area (Å²) in [6, 6.07) is 5.18. The van der Waals surface area contributed by atoms with Crippen LogP contribution in [-0.2, 0) is 6.54 Å². The van der Waals surface area contributed by atoms with Crippen LogP contribution in [-0.4, -0.2) is 21.3 Å². The first-order valence-electron chi connectivity index (χ1n) is 6.01. The van der Waals surface area contributed by atoms with Crippen molar-refractivity contribution < 1.29 is 4.39 Å². The molecule has 0 bridgehead atoms. The zero-order valence-corrected chi connectivity index (χ0v) is 10.9. The number of aromatic nitrogens is 3. The summed E-state index contributed by atoms with van der Waals surface area (Å²) in [5, 5.41) is 7.35. The molecule has 5 heteroatoms. The number of benzene rings is 1. The average Bonchev–Trinajstić information content (AvgIpc) is 2.66. The topological polar surface area (TPSA) is 42.7 Å². The minimum absolute atomic E-state index is 0.279. The smallest absolute Gasteiger partial charge is 0.149 e. The average molecular weight is 248 g/mol. The minimum Gasteiger partial charge on any atom is -0.313 e. The molecule has 0 atom stereocenters. The third-order valence-electron chi connectivity index (χ3n) is 2.69. The van der Waals surface area contributed by atoms with Crippen molar-refractivity contribution in [1.82, 2.24) is 20.1 Å². The van der Waals surface area contributed by atoms with Crippen molar-refractivity contribution in [3.8, 4) is 5.69 Å². The van der Waals surface area contributed by atoms with Gasteiger partial charge in [-0.05, 0) is 38.1 Å². The van der Waals surface area contributed by atoms with Gasteiger partial charge in [-0.15, -0.1) is 0 Å². The van der Waals surface area contributed by atoms with E-state index in [0.29, 0.717) is 23.9 Å². The quantitative estimate of drug-likeness (QED) is 0.901. The minimum atomic E-state index is -0.279. The van der Waals surface area contributed by atoms with Gasteiger partial charge in [0, 0.05) is 6.54 Å². The summed E-state index contributed by atoms with van der Waals surface area (Å²) in [5.74, 6) is 1.05. The van der Waals surface area contributed by atoms with Crippen molar-refractivity contribution in [3.63, 3.8) is 0 Å². The van der Waals surface area contributed by atoms with E-state index in [0.717, 1.165) is 12.1 Å². The van der Waals surface area contributed by atoms with Crippen LogP contribution in [0.3, 0.4) is 0 Å². The lowest BCUT2D eigenvalue weighted by Gasteiger charge is -2.07. The molecule has 4 nitrogen and oxygen atoms in total. The van der Waals surface area contributed by atoms with E-state index in [9.17, 15) is 4.39 Å². The molecule has 0 unspecified atom stereocenters. The molecule has 2 rings (SSSR count). The lowest BCUT2D eigenvalue weighted by atomic mass is 10.2. The van der Waals surface area contributed by atoms with Gasteiger partial charge < -0.3 is 5.32 Å². The molecule has 0 aliphatic heterocycles. The van der Waals surface area contributed by atoms with Crippen molar-refractivity contribution in [1.29, 1.82) is 0 Å². The third-order valence-corrected chi connectivity index (χ3v) is 2.69. The van der Waals surface area contributed by atoms with Gasteiger partial charge in [0.2, 0.25) is 0 Å². The first-order chi connectivity index (χ1) is 8.61. The molecule has 1 heterocycles. The molecule has 1 aromatic heterocycles. The number of nitrogens with zero attached hydrogens (tertiary/aromatic N) is 3. The lowest BCUT2D eigenvalue weighted by Crippen LogP contribution is -2.12. The van der Waals surface area contributed by atoms with E-state index < -0.39 is 0 Å². The summed E-state index contributed by atoms with van der Waals surface area (Å²) in [5.41, 5.74) is 1.36. The van der Waals surface area contributed by atoms with E-state index in [1.165, 1.54) is 10.7 Å². The molecule has 18 heavy (non-hydrogen) atoms. The Morgan fingerprint density at radius 3 is 2.67 bits per heavy atom. The molecule has 0 spiro atoms. The van der Waals surface area contributed by atoms with E-state index in [1.54, 1.807) is 13.0 Å². The van der Waals surface area contributed by atoms with E-state index in [1.807, 2.05) is 19.9 Å². The number of nitrogens with one attached hydrogen (secondary N) is 1. The number of rotatable bonds is 4. The fraction of sp³-hybridized carbons (Fsp3) is 0.385. The highest BCUT2D eigenvalue weighted by atomic mass is 19.1. The molecular formula is C13H17FN4. The van der Waals surface area contributed by atoms with Crippen molar-refractivity contribution in [2.75, 3.05) is 6.54 Å². The Morgan fingerprint density at radius 2 is 2.11 bits per heavy atom. The van der Waals surface area contributed by atoms with Crippen LogP contribution >= 0.6 is 0 Å². The van der Waals surface area contributed by atoms with E-state index in [4.69, 9.17) is 0 Å². The summed E-state index contributed by atoms with van der Waals surface area (Å²) < 4.78 is 15.6. The Bertz CT molecular complexity index is 548. The number of aryl methyl sites for hydroxylation is 2. The molecule has 1 aromatic carbocycles. The van der Waals surface area contributed by atoms with Gasteiger partial charge in [-0.3, -0.25) is 0 Å². The van der Waals surface area contributed by atoms with Gasteiger partial charge in [0.25, 0.3) is 0 Å². The molecule has 0 radical (unpaired) electrons. The summed E-state index contributed by atoms with van der Waals surface area (Å²) in [4.78, 5) is 4.17. The maximum atomic E-state index is 14.0. The molecule has 0 aliphatic rings. The Labute approximate surface area is 106 Å². The maximum Gasteiger partial charge on any atom is 0.149 e. The van der Waals surface area contributed by atoms with Gasteiger partial charge >= 0.3 is 0 Å². The van der Waals surface area contributed by atoms with Crippen LogP contribution in [0.25, 0.3) is 5.69 Å². The zero-order valence-electron chi connectivity index (χ0n) is 10.9. The maximum absolute atomic E-state index is 14.0. The molecule has 0 amide bonds. The normalized spacial score (nSPS) is 10.9. The number of halogens is 1. The van der Waals surface area contributed by atoms with Crippen LogP contribution in [0.2, 0.25) is 0 Å². The molecule has 0 fully saturated rings. The standard InChI is InChI=1S/C13H17FN4/c1-4-15-8-11-5-6-13(12(14)7-11)18-10(3)16-9(2)17-18/h5-7,15H,4,8H2,1-3H3. The van der Waals surface area contributed by atoms with Gasteiger partial charge in [0.15, 0.2) is 0 Å². The lowest BCUT2D eigenvalue weighted by molar-refractivity contribution is 0.602.